The molecule has 6 nitrogen and oxygen atoms in total. The van der Waals surface area contributed by atoms with Gasteiger partial charge >= 0.3 is 7.12 Å². The van der Waals surface area contributed by atoms with Crippen LogP contribution in [-0.4, -0.2) is 48.0 Å². The zero-order valence-corrected chi connectivity index (χ0v) is 18.3. The number of nitrogens with zero attached hydrogens (tertiary/aromatic N) is 3. The Hall–Kier alpha value is -2.19. The fourth-order valence-electron chi connectivity index (χ4n) is 3.50. The topological polar surface area (TPSA) is 56.7 Å². The number of benzene rings is 1. The molecule has 3 heterocycles. The Morgan fingerprint density at radius 2 is 1.77 bits per heavy atom. The van der Waals surface area contributed by atoms with Crippen LogP contribution in [0.1, 0.15) is 40.2 Å². The van der Waals surface area contributed by atoms with Gasteiger partial charge in [-0.3, -0.25) is 0 Å². The van der Waals surface area contributed by atoms with Crippen molar-refractivity contribution in [3.8, 4) is 5.75 Å². The summed E-state index contributed by atoms with van der Waals surface area (Å²) in [6, 6.07) is 4.89. The SMILES string of the molecule is CCc1cnc(N2CC(COc3ccc(B4OC(C)(C)C(C)(C)O4)cc3F)C2)nc1. The van der Waals surface area contributed by atoms with E-state index < -0.39 is 24.1 Å². The molecule has 1 aromatic heterocycles. The largest absolute Gasteiger partial charge is 0.494 e. The van der Waals surface area contributed by atoms with Gasteiger partial charge in [0, 0.05) is 31.4 Å². The zero-order chi connectivity index (χ0) is 21.5. The Balaban J connectivity index is 1.30. The van der Waals surface area contributed by atoms with Crippen molar-refractivity contribution in [3.05, 3.63) is 42.0 Å². The first-order valence-electron chi connectivity index (χ1n) is 10.5. The Morgan fingerprint density at radius 3 is 2.33 bits per heavy atom. The van der Waals surface area contributed by atoms with Crippen molar-refractivity contribution in [2.45, 2.75) is 52.2 Å². The van der Waals surface area contributed by atoms with Gasteiger partial charge in [-0.2, -0.15) is 0 Å². The molecule has 0 saturated carbocycles. The van der Waals surface area contributed by atoms with Gasteiger partial charge in [-0.15, -0.1) is 0 Å². The van der Waals surface area contributed by atoms with Crippen molar-refractivity contribution in [2.24, 2.45) is 5.92 Å². The Labute approximate surface area is 177 Å². The molecule has 2 fully saturated rings. The van der Waals surface area contributed by atoms with Crippen LogP contribution < -0.4 is 15.1 Å². The monoisotopic (exact) mass is 413 g/mol. The van der Waals surface area contributed by atoms with Crippen LogP contribution in [0.4, 0.5) is 10.3 Å². The van der Waals surface area contributed by atoms with Gasteiger partial charge in [-0.25, -0.2) is 14.4 Å². The summed E-state index contributed by atoms with van der Waals surface area (Å²) in [6.45, 7) is 12.1. The minimum atomic E-state index is -0.585. The highest BCUT2D eigenvalue weighted by molar-refractivity contribution is 6.62. The van der Waals surface area contributed by atoms with E-state index in [-0.39, 0.29) is 5.75 Å². The molecule has 30 heavy (non-hydrogen) atoms. The Bertz CT molecular complexity index is 885. The number of hydrogen-bond acceptors (Lipinski definition) is 6. The lowest BCUT2D eigenvalue weighted by Gasteiger charge is -2.38. The number of halogens is 1. The van der Waals surface area contributed by atoms with Crippen molar-refractivity contribution < 1.29 is 18.4 Å². The van der Waals surface area contributed by atoms with Gasteiger partial charge in [0.2, 0.25) is 5.95 Å². The minimum absolute atomic E-state index is 0.247. The van der Waals surface area contributed by atoms with Crippen LogP contribution in [-0.2, 0) is 15.7 Å². The molecule has 0 atom stereocenters. The van der Waals surface area contributed by atoms with E-state index in [2.05, 4.69) is 21.8 Å². The molecule has 0 bridgehead atoms. The van der Waals surface area contributed by atoms with E-state index in [4.69, 9.17) is 14.0 Å². The van der Waals surface area contributed by atoms with E-state index in [1.54, 1.807) is 12.1 Å². The second kappa shape index (κ2) is 7.82. The van der Waals surface area contributed by atoms with E-state index in [1.165, 1.54) is 6.07 Å². The number of aryl methyl sites for hydroxylation is 1. The summed E-state index contributed by atoms with van der Waals surface area (Å²) < 4.78 is 32.3. The molecule has 2 aliphatic rings. The maximum Gasteiger partial charge on any atom is 0.494 e. The first kappa shape index (κ1) is 21.1. The van der Waals surface area contributed by atoms with E-state index in [0.29, 0.717) is 18.0 Å². The lowest BCUT2D eigenvalue weighted by atomic mass is 9.79. The van der Waals surface area contributed by atoms with E-state index in [1.807, 2.05) is 40.1 Å². The third kappa shape index (κ3) is 4.03. The van der Waals surface area contributed by atoms with Crippen molar-refractivity contribution in [1.29, 1.82) is 0 Å². The van der Waals surface area contributed by atoms with Gasteiger partial charge < -0.3 is 18.9 Å². The second-order valence-corrected chi connectivity index (χ2v) is 9.10. The number of rotatable bonds is 6. The van der Waals surface area contributed by atoms with Gasteiger partial charge in [-0.05, 0) is 57.3 Å². The van der Waals surface area contributed by atoms with Gasteiger partial charge in [-0.1, -0.05) is 13.0 Å². The van der Waals surface area contributed by atoms with Crippen LogP contribution in [0.15, 0.2) is 30.6 Å². The van der Waals surface area contributed by atoms with Crippen molar-refractivity contribution in [1.82, 2.24) is 9.97 Å². The normalized spacial score (nSPS) is 20.3. The second-order valence-electron chi connectivity index (χ2n) is 9.10. The highest BCUT2D eigenvalue weighted by atomic mass is 19.1. The van der Waals surface area contributed by atoms with Gasteiger partial charge in [0.1, 0.15) is 0 Å². The van der Waals surface area contributed by atoms with Crippen LogP contribution >= 0.6 is 0 Å². The molecule has 2 saturated heterocycles. The standard InChI is InChI=1S/C22H29BFN3O3/c1-6-15-10-25-20(26-11-15)27-12-16(13-27)14-28-19-8-7-17(9-18(19)24)23-29-21(2,3)22(4,5)30-23/h7-11,16H,6,12-14H2,1-5H3. The van der Waals surface area contributed by atoms with E-state index in [9.17, 15) is 4.39 Å². The molecular formula is C22H29BFN3O3. The molecule has 0 N–H and O–H groups in total. The van der Waals surface area contributed by atoms with Crippen LogP contribution in [0.2, 0.25) is 0 Å². The molecule has 2 aromatic rings. The van der Waals surface area contributed by atoms with Crippen LogP contribution in [0.5, 0.6) is 5.75 Å². The number of ether oxygens (including phenoxy) is 1. The van der Waals surface area contributed by atoms with Gasteiger partial charge in [0.25, 0.3) is 0 Å². The maximum atomic E-state index is 14.6. The number of anilines is 1. The Morgan fingerprint density at radius 1 is 1.13 bits per heavy atom. The predicted octanol–water partition coefficient (Wildman–Crippen LogP) is 2.99. The van der Waals surface area contributed by atoms with Crippen molar-refractivity contribution in [3.63, 3.8) is 0 Å². The summed E-state index contributed by atoms with van der Waals surface area (Å²) in [5.41, 5.74) is 0.861. The fraction of sp³-hybridized carbons (Fsp3) is 0.545. The average molecular weight is 413 g/mol. The molecule has 160 valence electrons. The third-order valence-corrected chi connectivity index (χ3v) is 6.30. The van der Waals surface area contributed by atoms with Gasteiger partial charge in [0.05, 0.1) is 17.8 Å². The lowest BCUT2D eigenvalue weighted by Crippen LogP contribution is -2.50. The number of aromatic nitrogens is 2. The van der Waals surface area contributed by atoms with E-state index >= 15 is 0 Å². The smallest absolute Gasteiger partial charge is 0.490 e. The molecular weight excluding hydrogens is 384 g/mol. The average Bonchev–Trinajstić information content (AvgIpc) is 2.89. The highest BCUT2D eigenvalue weighted by Crippen LogP contribution is 2.36. The zero-order valence-electron chi connectivity index (χ0n) is 18.3. The molecule has 0 unspecified atom stereocenters. The van der Waals surface area contributed by atoms with Gasteiger partial charge in [0.15, 0.2) is 11.6 Å². The maximum absolute atomic E-state index is 14.6. The minimum Gasteiger partial charge on any atom is -0.490 e. The first-order valence-corrected chi connectivity index (χ1v) is 10.5. The summed E-state index contributed by atoms with van der Waals surface area (Å²) in [4.78, 5) is 10.9. The Kier molecular flexibility index (Phi) is 5.49. The molecule has 2 aliphatic heterocycles. The summed E-state index contributed by atoms with van der Waals surface area (Å²) in [5.74, 6) is 0.900. The van der Waals surface area contributed by atoms with Crippen LogP contribution in [0.3, 0.4) is 0 Å². The quantitative estimate of drug-likeness (QED) is 0.679. The summed E-state index contributed by atoms with van der Waals surface area (Å²) in [6.07, 6.45) is 4.65. The predicted molar refractivity (Wildman–Crippen MR) is 115 cm³/mol. The van der Waals surface area contributed by atoms with Crippen LogP contribution in [0.25, 0.3) is 0 Å². The molecule has 0 amide bonds. The first-order chi connectivity index (χ1) is 14.2. The molecule has 4 rings (SSSR count). The molecule has 1 aromatic carbocycles. The highest BCUT2D eigenvalue weighted by Gasteiger charge is 2.51. The fourth-order valence-corrected chi connectivity index (χ4v) is 3.50. The summed E-state index contributed by atoms with van der Waals surface area (Å²) >= 11 is 0. The molecule has 0 aliphatic carbocycles. The van der Waals surface area contributed by atoms with Crippen LogP contribution in [0, 0.1) is 11.7 Å². The van der Waals surface area contributed by atoms with Crippen molar-refractivity contribution in [2.75, 3.05) is 24.6 Å². The summed E-state index contributed by atoms with van der Waals surface area (Å²) in [5, 5.41) is 0. The van der Waals surface area contributed by atoms with Crippen molar-refractivity contribution >= 4 is 18.5 Å². The molecule has 0 radical (unpaired) electrons. The third-order valence-electron chi connectivity index (χ3n) is 6.30. The number of hydrogen-bond donors (Lipinski definition) is 0. The molecule has 0 spiro atoms. The lowest BCUT2D eigenvalue weighted by molar-refractivity contribution is 0.00578. The summed E-state index contributed by atoms with van der Waals surface area (Å²) in [7, 11) is -0.585. The van der Waals surface area contributed by atoms with E-state index in [0.717, 1.165) is 31.0 Å². The molecule has 8 heteroatoms.